The van der Waals surface area contributed by atoms with Gasteiger partial charge in [0.05, 0.1) is 0 Å². The highest BCUT2D eigenvalue weighted by molar-refractivity contribution is 8.03. The summed E-state index contributed by atoms with van der Waals surface area (Å²) in [5.41, 5.74) is 6.52. The number of thioether (sulfide) groups is 1. The van der Waals surface area contributed by atoms with Crippen molar-refractivity contribution in [1.29, 1.82) is 0 Å². The van der Waals surface area contributed by atoms with Crippen LogP contribution in [0.2, 0.25) is 0 Å². The molecule has 0 radical (unpaired) electrons. The van der Waals surface area contributed by atoms with Gasteiger partial charge in [0.15, 0.2) is 0 Å². The summed E-state index contributed by atoms with van der Waals surface area (Å²) in [6.45, 7) is 14.5. The van der Waals surface area contributed by atoms with Crippen LogP contribution < -0.4 is 0 Å². The van der Waals surface area contributed by atoms with Crippen molar-refractivity contribution in [1.82, 2.24) is 0 Å². The van der Waals surface area contributed by atoms with E-state index in [-0.39, 0.29) is 0 Å². The van der Waals surface area contributed by atoms with E-state index in [0.717, 1.165) is 0 Å². The standard InChI is InChI=1S/C19H30S/c1-17(2,3)13-11-14(18(4,5)6)16-15(13)19(12-20-16)9-7-8-10-19/h7-12H2,1-6H3. The molecule has 1 aliphatic heterocycles. The van der Waals surface area contributed by atoms with E-state index < -0.39 is 0 Å². The van der Waals surface area contributed by atoms with Crippen molar-refractivity contribution in [3.8, 4) is 0 Å². The lowest BCUT2D eigenvalue weighted by Gasteiger charge is -2.31. The summed E-state index contributed by atoms with van der Waals surface area (Å²) in [5.74, 6) is 1.36. The van der Waals surface area contributed by atoms with Crippen molar-refractivity contribution in [3.05, 3.63) is 21.6 Å². The van der Waals surface area contributed by atoms with E-state index in [1.165, 1.54) is 37.9 Å². The molecule has 2 fully saturated rings. The molecule has 0 aromatic rings. The zero-order valence-corrected chi connectivity index (χ0v) is 15.0. The van der Waals surface area contributed by atoms with Crippen molar-refractivity contribution in [2.24, 2.45) is 16.2 Å². The Morgan fingerprint density at radius 1 is 0.850 bits per heavy atom. The molecule has 0 bridgehead atoms. The summed E-state index contributed by atoms with van der Waals surface area (Å²) in [5, 5.41) is 0. The highest BCUT2D eigenvalue weighted by Gasteiger charge is 2.50. The van der Waals surface area contributed by atoms with E-state index in [9.17, 15) is 0 Å². The lowest BCUT2D eigenvalue weighted by atomic mass is 9.73. The predicted molar refractivity (Wildman–Crippen MR) is 90.9 cm³/mol. The van der Waals surface area contributed by atoms with E-state index in [1.807, 2.05) is 5.57 Å². The quantitative estimate of drug-likeness (QED) is 0.501. The van der Waals surface area contributed by atoms with Gasteiger partial charge in [0, 0.05) is 16.1 Å². The molecule has 3 aliphatic rings. The second-order valence-corrected chi connectivity index (χ2v) is 10.1. The fourth-order valence-corrected chi connectivity index (χ4v) is 6.22. The summed E-state index contributed by atoms with van der Waals surface area (Å²) in [7, 11) is 0. The second-order valence-electron chi connectivity index (χ2n) is 9.11. The van der Waals surface area contributed by atoms with Gasteiger partial charge in [-0.25, -0.2) is 0 Å². The first-order valence-corrected chi connectivity index (χ1v) is 9.25. The van der Waals surface area contributed by atoms with Gasteiger partial charge in [0.1, 0.15) is 0 Å². The average molecular weight is 291 g/mol. The Bertz CT molecular complexity index is 485. The summed E-state index contributed by atoms with van der Waals surface area (Å²) in [6, 6.07) is 0. The summed E-state index contributed by atoms with van der Waals surface area (Å²) >= 11 is 2.19. The largest absolute Gasteiger partial charge is 0.125 e. The van der Waals surface area contributed by atoms with Gasteiger partial charge in [-0.1, -0.05) is 60.0 Å². The smallest absolute Gasteiger partial charge is 0.0111 e. The molecule has 0 atom stereocenters. The summed E-state index contributed by atoms with van der Waals surface area (Å²) < 4.78 is 0. The van der Waals surface area contributed by atoms with Gasteiger partial charge in [-0.05, 0) is 41.2 Å². The average Bonchev–Trinajstić information content (AvgIpc) is 2.96. The van der Waals surface area contributed by atoms with E-state index >= 15 is 0 Å². The van der Waals surface area contributed by atoms with Crippen molar-refractivity contribution in [2.45, 2.75) is 73.6 Å². The third kappa shape index (κ3) is 2.12. The first kappa shape index (κ1) is 14.8. The van der Waals surface area contributed by atoms with Gasteiger partial charge < -0.3 is 0 Å². The third-order valence-electron chi connectivity index (χ3n) is 5.55. The molecule has 0 amide bonds. The van der Waals surface area contributed by atoms with Crippen LogP contribution >= 0.6 is 11.8 Å². The third-order valence-corrected chi connectivity index (χ3v) is 6.99. The molecule has 3 rings (SSSR count). The van der Waals surface area contributed by atoms with Crippen LogP contribution in [0, 0.1) is 16.2 Å². The van der Waals surface area contributed by atoms with Crippen molar-refractivity contribution in [2.75, 3.05) is 5.75 Å². The summed E-state index contributed by atoms with van der Waals surface area (Å²) in [6.07, 6.45) is 7.01. The first-order chi connectivity index (χ1) is 9.15. The van der Waals surface area contributed by atoms with Crippen LogP contribution in [0.25, 0.3) is 0 Å². The Kier molecular flexibility index (Phi) is 3.26. The molecule has 0 nitrogen and oxygen atoms in total. The van der Waals surface area contributed by atoms with Crippen LogP contribution in [0.1, 0.15) is 73.6 Å². The van der Waals surface area contributed by atoms with Gasteiger partial charge in [-0.3, -0.25) is 0 Å². The Balaban J connectivity index is 2.14. The zero-order chi connectivity index (χ0) is 14.8. The molecule has 112 valence electrons. The van der Waals surface area contributed by atoms with Crippen LogP contribution in [-0.4, -0.2) is 5.75 Å². The maximum atomic E-state index is 2.42. The van der Waals surface area contributed by atoms with Gasteiger partial charge >= 0.3 is 0 Å². The van der Waals surface area contributed by atoms with Crippen LogP contribution in [0.15, 0.2) is 21.6 Å². The Hall–Kier alpha value is -0.170. The molecule has 20 heavy (non-hydrogen) atoms. The van der Waals surface area contributed by atoms with Crippen LogP contribution in [0.5, 0.6) is 0 Å². The topological polar surface area (TPSA) is 0 Å². The maximum absolute atomic E-state index is 2.42. The lowest BCUT2D eigenvalue weighted by Crippen LogP contribution is -2.21. The Labute approximate surface area is 129 Å². The zero-order valence-electron chi connectivity index (χ0n) is 14.2. The first-order valence-electron chi connectivity index (χ1n) is 8.26. The molecule has 0 aromatic heterocycles. The molecule has 0 N–H and O–H groups in total. The van der Waals surface area contributed by atoms with Crippen LogP contribution in [0.4, 0.5) is 0 Å². The number of rotatable bonds is 0. The van der Waals surface area contributed by atoms with Gasteiger partial charge in [-0.15, -0.1) is 11.8 Å². The highest BCUT2D eigenvalue weighted by atomic mass is 32.2. The fourth-order valence-electron chi connectivity index (χ4n) is 4.33. The monoisotopic (exact) mass is 290 g/mol. The number of allylic oxidation sites excluding steroid dienone is 3. The Morgan fingerprint density at radius 3 is 1.90 bits per heavy atom. The fraction of sp³-hybridized carbons (Fsp3) is 0.789. The van der Waals surface area contributed by atoms with Gasteiger partial charge in [0.25, 0.3) is 0 Å². The molecule has 1 spiro atoms. The second kappa shape index (κ2) is 4.41. The van der Waals surface area contributed by atoms with Crippen molar-refractivity contribution in [3.63, 3.8) is 0 Å². The minimum atomic E-state index is 0.324. The molecule has 1 heterocycles. The number of fused-ring (bicyclic) bond motifs is 2. The predicted octanol–water partition coefficient (Wildman–Crippen LogP) is 6.34. The molecular weight excluding hydrogens is 260 g/mol. The van der Waals surface area contributed by atoms with Gasteiger partial charge in [0.2, 0.25) is 0 Å². The summed E-state index contributed by atoms with van der Waals surface area (Å²) in [4.78, 5) is 1.71. The van der Waals surface area contributed by atoms with E-state index in [2.05, 4.69) is 53.3 Å². The molecule has 0 unspecified atom stereocenters. The molecule has 1 saturated heterocycles. The number of hydrogen-bond acceptors (Lipinski definition) is 1. The Morgan fingerprint density at radius 2 is 1.40 bits per heavy atom. The van der Waals surface area contributed by atoms with Crippen molar-refractivity contribution >= 4 is 11.8 Å². The number of hydrogen-bond donors (Lipinski definition) is 0. The highest BCUT2D eigenvalue weighted by Crippen LogP contribution is 2.65. The van der Waals surface area contributed by atoms with Crippen molar-refractivity contribution < 1.29 is 0 Å². The van der Waals surface area contributed by atoms with Crippen LogP contribution in [0.3, 0.4) is 0 Å². The molecule has 0 aromatic carbocycles. The van der Waals surface area contributed by atoms with E-state index in [1.54, 1.807) is 16.1 Å². The molecule has 1 saturated carbocycles. The van der Waals surface area contributed by atoms with E-state index in [0.29, 0.717) is 16.2 Å². The maximum Gasteiger partial charge on any atom is 0.0111 e. The molecule has 2 aliphatic carbocycles. The lowest BCUT2D eigenvalue weighted by molar-refractivity contribution is 0.411. The van der Waals surface area contributed by atoms with E-state index in [4.69, 9.17) is 0 Å². The minimum absolute atomic E-state index is 0.324. The SMILES string of the molecule is CC(C)(C)C1=C2SCC3(CCCC3)C2=C(C(C)(C)C)C1. The molecule has 1 heteroatoms. The van der Waals surface area contributed by atoms with Gasteiger partial charge in [-0.2, -0.15) is 0 Å². The van der Waals surface area contributed by atoms with Crippen LogP contribution in [-0.2, 0) is 0 Å². The molecular formula is C19H30S. The minimum Gasteiger partial charge on any atom is -0.125 e. The normalized spacial score (nSPS) is 26.1.